The quantitative estimate of drug-likeness (QED) is 0.519. The summed E-state index contributed by atoms with van der Waals surface area (Å²) in [6.45, 7) is 0. The Morgan fingerprint density at radius 2 is 1.73 bits per heavy atom. The van der Waals surface area contributed by atoms with E-state index < -0.39 is 5.69 Å². The van der Waals surface area contributed by atoms with Crippen LogP contribution in [-0.2, 0) is 5.75 Å². The summed E-state index contributed by atoms with van der Waals surface area (Å²) >= 11 is 1.39. The Bertz CT molecular complexity index is 1160. The van der Waals surface area contributed by atoms with E-state index >= 15 is 0 Å². The number of aromatic nitrogens is 5. The van der Waals surface area contributed by atoms with Crippen LogP contribution in [0.15, 0.2) is 70.5 Å². The summed E-state index contributed by atoms with van der Waals surface area (Å²) < 4.78 is 2.29. The lowest BCUT2D eigenvalue weighted by atomic mass is 10.2. The Balaban J connectivity index is 1.77. The number of para-hydroxylation sites is 1. The third-order valence-corrected chi connectivity index (χ3v) is 4.79. The molecule has 2 aromatic carbocycles. The first-order valence-electron chi connectivity index (χ1n) is 7.79. The predicted molar refractivity (Wildman–Crippen MR) is 97.1 cm³/mol. The van der Waals surface area contributed by atoms with E-state index in [0.29, 0.717) is 16.5 Å². The number of rotatable bonds is 4. The number of nitrogens with zero attached hydrogens (tertiary/aromatic N) is 6. The zero-order valence-electron chi connectivity index (χ0n) is 13.5. The minimum Gasteiger partial charge on any atom is -0.243 e. The van der Waals surface area contributed by atoms with Crippen molar-refractivity contribution in [1.29, 1.82) is 5.26 Å². The second-order valence-electron chi connectivity index (χ2n) is 5.42. The first-order chi connectivity index (χ1) is 12.8. The molecule has 0 saturated heterocycles. The number of fused-ring (bicyclic) bond motifs is 1. The van der Waals surface area contributed by atoms with E-state index in [4.69, 9.17) is 0 Å². The maximum atomic E-state index is 12.7. The molecule has 0 bridgehead atoms. The predicted octanol–water partition coefficient (Wildman–Crippen LogP) is 2.44. The second-order valence-corrected chi connectivity index (χ2v) is 6.39. The molecule has 8 heteroatoms. The summed E-state index contributed by atoms with van der Waals surface area (Å²) in [6.07, 6.45) is 0. The highest BCUT2D eigenvalue weighted by atomic mass is 32.2. The van der Waals surface area contributed by atoms with Gasteiger partial charge in [0, 0.05) is 5.75 Å². The van der Waals surface area contributed by atoms with Gasteiger partial charge in [-0.15, -0.1) is 5.10 Å². The Hall–Kier alpha value is -3.44. The summed E-state index contributed by atoms with van der Waals surface area (Å²) in [5, 5.41) is 22.3. The minimum absolute atomic E-state index is 0.167. The van der Waals surface area contributed by atoms with E-state index in [2.05, 4.69) is 21.5 Å². The molecule has 0 aliphatic carbocycles. The maximum Gasteiger partial charge on any atom is 0.373 e. The molecule has 0 fully saturated rings. The number of nitriles is 1. The first-order valence-corrected chi connectivity index (χ1v) is 8.77. The van der Waals surface area contributed by atoms with Gasteiger partial charge in [0.1, 0.15) is 16.7 Å². The van der Waals surface area contributed by atoms with Crippen LogP contribution in [0, 0.1) is 11.3 Å². The lowest BCUT2D eigenvalue weighted by molar-refractivity contribution is 0.644. The van der Waals surface area contributed by atoms with Gasteiger partial charge in [-0.25, -0.2) is 4.79 Å². The van der Waals surface area contributed by atoms with Crippen LogP contribution in [0.4, 0.5) is 0 Å². The van der Waals surface area contributed by atoms with Crippen LogP contribution in [0.1, 0.15) is 11.1 Å². The van der Waals surface area contributed by atoms with Crippen molar-refractivity contribution in [2.45, 2.75) is 10.8 Å². The highest BCUT2D eigenvalue weighted by molar-refractivity contribution is 7.98. The molecule has 26 heavy (non-hydrogen) atoms. The van der Waals surface area contributed by atoms with Gasteiger partial charge in [0.2, 0.25) is 5.65 Å². The van der Waals surface area contributed by atoms with Gasteiger partial charge in [-0.05, 0) is 17.7 Å². The Morgan fingerprint density at radius 3 is 2.42 bits per heavy atom. The zero-order chi connectivity index (χ0) is 17.9. The monoisotopic (exact) mass is 360 g/mol. The molecular formula is C18H12N6OS. The normalized spacial score (nSPS) is 10.7. The molecule has 0 atom stereocenters. The average molecular weight is 360 g/mol. The molecule has 0 aliphatic rings. The van der Waals surface area contributed by atoms with Crippen molar-refractivity contribution in [1.82, 2.24) is 24.6 Å². The molecule has 2 heterocycles. The molecule has 2 aromatic heterocycles. The van der Waals surface area contributed by atoms with E-state index in [1.165, 1.54) is 11.8 Å². The van der Waals surface area contributed by atoms with Gasteiger partial charge in [0.15, 0.2) is 0 Å². The number of hydrogen-bond acceptors (Lipinski definition) is 6. The van der Waals surface area contributed by atoms with Crippen LogP contribution >= 0.6 is 11.8 Å². The van der Waals surface area contributed by atoms with Gasteiger partial charge < -0.3 is 0 Å². The molecule has 0 amide bonds. The lowest BCUT2D eigenvalue weighted by Crippen LogP contribution is -2.29. The van der Waals surface area contributed by atoms with Crippen molar-refractivity contribution >= 4 is 17.4 Å². The van der Waals surface area contributed by atoms with Crippen LogP contribution in [0.5, 0.6) is 0 Å². The largest absolute Gasteiger partial charge is 0.373 e. The van der Waals surface area contributed by atoms with E-state index in [9.17, 15) is 10.1 Å². The summed E-state index contributed by atoms with van der Waals surface area (Å²) in [6, 6.07) is 20.9. The molecule has 4 rings (SSSR count). The van der Waals surface area contributed by atoms with Crippen molar-refractivity contribution in [2.75, 3.05) is 0 Å². The van der Waals surface area contributed by atoms with E-state index in [0.717, 1.165) is 14.8 Å². The van der Waals surface area contributed by atoms with Crippen molar-refractivity contribution in [3.8, 4) is 11.8 Å². The van der Waals surface area contributed by atoms with Gasteiger partial charge >= 0.3 is 5.69 Å². The molecule has 4 aromatic rings. The maximum absolute atomic E-state index is 12.7. The van der Waals surface area contributed by atoms with Crippen LogP contribution in [0.3, 0.4) is 0 Å². The fraction of sp³-hybridized carbons (Fsp3) is 0.0556. The van der Waals surface area contributed by atoms with Crippen molar-refractivity contribution < 1.29 is 0 Å². The molecule has 0 spiro atoms. The third kappa shape index (κ3) is 2.85. The van der Waals surface area contributed by atoms with Crippen LogP contribution < -0.4 is 5.69 Å². The van der Waals surface area contributed by atoms with Crippen LogP contribution in [0.25, 0.3) is 11.3 Å². The highest BCUT2D eigenvalue weighted by Gasteiger charge is 2.18. The highest BCUT2D eigenvalue weighted by Crippen LogP contribution is 2.26. The summed E-state index contributed by atoms with van der Waals surface area (Å²) in [4.78, 5) is 12.7. The molecule has 0 aliphatic heterocycles. The Kier molecular flexibility index (Phi) is 4.21. The van der Waals surface area contributed by atoms with Gasteiger partial charge in [-0.1, -0.05) is 65.5 Å². The summed E-state index contributed by atoms with van der Waals surface area (Å²) in [5.41, 5.74) is 1.64. The Labute approximate surface area is 152 Å². The van der Waals surface area contributed by atoms with E-state index in [1.807, 2.05) is 36.4 Å². The van der Waals surface area contributed by atoms with E-state index in [1.54, 1.807) is 24.3 Å². The van der Waals surface area contributed by atoms with Crippen molar-refractivity contribution in [3.63, 3.8) is 0 Å². The standard InChI is InChI=1S/C18H12N6OS/c19-11-15-16-20-22-23(14-9-5-2-6-10-14)18(25)24(16)21-17(15)26-12-13-7-3-1-4-8-13/h1-10H,12H2. The van der Waals surface area contributed by atoms with Gasteiger partial charge in [0.25, 0.3) is 0 Å². The number of benzene rings is 2. The van der Waals surface area contributed by atoms with Crippen molar-refractivity contribution in [2.24, 2.45) is 0 Å². The smallest absolute Gasteiger partial charge is 0.243 e. The SMILES string of the molecule is N#Cc1c(SCc2ccccc2)nn2c(=O)n(-c3ccccc3)nnc12. The third-order valence-electron chi connectivity index (χ3n) is 3.75. The fourth-order valence-electron chi connectivity index (χ4n) is 2.49. The van der Waals surface area contributed by atoms with Crippen LogP contribution in [0.2, 0.25) is 0 Å². The summed E-state index contributed by atoms with van der Waals surface area (Å²) in [7, 11) is 0. The number of thioether (sulfide) groups is 1. The van der Waals surface area contributed by atoms with Gasteiger partial charge in [-0.3, -0.25) is 0 Å². The molecule has 0 saturated carbocycles. The molecule has 0 N–H and O–H groups in total. The lowest BCUT2D eigenvalue weighted by Gasteiger charge is -2.02. The van der Waals surface area contributed by atoms with E-state index in [-0.39, 0.29) is 11.2 Å². The van der Waals surface area contributed by atoms with Crippen molar-refractivity contribution in [3.05, 3.63) is 82.3 Å². The molecule has 0 unspecified atom stereocenters. The molecule has 126 valence electrons. The van der Waals surface area contributed by atoms with Crippen LogP contribution in [-0.4, -0.2) is 24.6 Å². The topological polar surface area (TPSA) is 88.9 Å². The second kappa shape index (κ2) is 6.82. The molecule has 7 nitrogen and oxygen atoms in total. The molecular weight excluding hydrogens is 348 g/mol. The average Bonchev–Trinajstić information content (AvgIpc) is 3.06. The Morgan fingerprint density at radius 1 is 1.04 bits per heavy atom. The molecule has 0 radical (unpaired) electrons. The van der Waals surface area contributed by atoms with Gasteiger partial charge in [0.05, 0.1) is 5.69 Å². The van der Waals surface area contributed by atoms with Gasteiger partial charge in [-0.2, -0.15) is 19.6 Å². The fourth-order valence-corrected chi connectivity index (χ4v) is 3.40. The minimum atomic E-state index is -0.468. The first kappa shape index (κ1) is 16.1. The summed E-state index contributed by atoms with van der Waals surface area (Å²) in [5.74, 6) is 0.639. The number of hydrogen-bond donors (Lipinski definition) is 0. The zero-order valence-corrected chi connectivity index (χ0v) is 14.3.